The number of aliphatic hydroxyl groups is 1. The van der Waals surface area contributed by atoms with Crippen LogP contribution in [0.4, 0.5) is 16.2 Å². The maximum Gasteiger partial charge on any atom is 0.323 e. The topological polar surface area (TPSA) is 86.3 Å². The molecule has 2 heterocycles. The first kappa shape index (κ1) is 15.5. The van der Waals surface area contributed by atoms with Crippen LogP contribution in [0.2, 0.25) is 0 Å². The van der Waals surface area contributed by atoms with Gasteiger partial charge in [0.25, 0.3) is 0 Å². The molecule has 120 valence electrons. The van der Waals surface area contributed by atoms with Crippen molar-refractivity contribution >= 4 is 17.4 Å². The second-order valence-electron chi connectivity index (χ2n) is 5.81. The van der Waals surface area contributed by atoms with Crippen LogP contribution in [0.5, 0.6) is 0 Å². The molecule has 0 radical (unpaired) electrons. The first-order valence-corrected chi connectivity index (χ1v) is 7.64. The molecule has 2 amide bonds. The van der Waals surface area contributed by atoms with Crippen LogP contribution in [0, 0.1) is 0 Å². The van der Waals surface area contributed by atoms with Gasteiger partial charge in [-0.2, -0.15) is 0 Å². The summed E-state index contributed by atoms with van der Waals surface area (Å²) in [5, 5.41) is 18.8. The molecule has 2 aromatic rings. The monoisotopic (exact) mass is 312 g/mol. The Morgan fingerprint density at radius 3 is 2.74 bits per heavy atom. The van der Waals surface area contributed by atoms with Crippen LogP contribution in [-0.4, -0.2) is 34.8 Å². The number of anilines is 2. The third kappa shape index (κ3) is 4.06. The average molecular weight is 312 g/mol. The standard InChI is InChI=1S/C17H20N4O2/c22-16(20-14-5-3-9-18-10-14)21-15-6-2-1-4-13(15)7-8-17(23)11-19-12-17/h1-6,9-10,19,23H,7-8,11-12H2,(H2,20,21,22). The molecule has 3 rings (SSSR count). The Hall–Kier alpha value is -2.44. The predicted molar refractivity (Wildman–Crippen MR) is 89.5 cm³/mol. The van der Waals surface area contributed by atoms with Gasteiger partial charge in [0.1, 0.15) is 0 Å². The minimum absolute atomic E-state index is 0.311. The zero-order valence-corrected chi connectivity index (χ0v) is 12.7. The maximum absolute atomic E-state index is 12.1. The smallest absolute Gasteiger partial charge is 0.323 e. The van der Waals surface area contributed by atoms with E-state index in [1.54, 1.807) is 24.5 Å². The SMILES string of the molecule is O=C(Nc1cccnc1)Nc1ccccc1CCC1(O)CNC1. The van der Waals surface area contributed by atoms with Crippen LogP contribution >= 0.6 is 0 Å². The summed E-state index contributed by atoms with van der Waals surface area (Å²) >= 11 is 0. The molecule has 1 aromatic heterocycles. The van der Waals surface area contributed by atoms with E-state index in [1.165, 1.54) is 0 Å². The number of carbonyl (C=O) groups is 1. The van der Waals surface area contributed by atoms with Gasteiger partial charge in [0, 0.05) is 25.0 Å². The van der Waals surface area contributed by atoms with E-state index in [1.807, 2.05) is 24.3 Å². The van der Waals surface area contributed by atoms with Crippen LogP contribution in [0.25, 0.3) is 0 Å². The number of pyridine rings is 1. The highest BCUT2D eigenvalue weighted by atomic mass is 16.3. The molecule has 23 heavy (non-hydrogen) atoms. The van der Waals surface area contributed by atoms with Gasteiger partial charge >= 0.3 is 6.03 Å². The Kier molecular flexibility index (Phi) is 4.55. The summed E-state index contributed by atoms with van der Waals surface area (Å²) in [6, 6.07) is 10.9. The van der Waals surface area contributed by atoms with Gasteiger partial charge in [0.05, 0.1) is 17.5 Å². The van der Waals surface area contributed by atoms with Crippen molar-refractivity contribution in [3.8, 4) is 0 Å². The molecule has 0 bridgehead atoms. The Morgan fingerprint density at radius 2 is 2.04 bits per heavy atom. The lowest BCUT2D eigenvalue weighted by Gasteiger charge is -2.37. The number of urea groups is 1. The van der Waals surface area contributed by atoms with Crippen LogP contribution in [0.3, 0.4) is 0 Å². The summed E-state index contributed by atoms with van der Waals surface area (Å²) in [5.41, 5.74) is 1.78. The highest BCUT2D eigenvalue weighted by Crippen LogP contribution is 2.23. The number of amides is 2. The Balaban J connectivity index is 1.62. The van der Waals surface area contributed by atoms with Crippen molar-refractivity contribution in [1.29, 1.82) is 0 Å². The molecule has 4 N–H and O–H groups in total. The van der Waals surface area contributed by atoms with E-state index in [-0.39, 0.29) is 6.03 Å². The molecule has 0 spiro atoms. The van der Waals surface area contributed by atoms with Crippen LogP contribution in [0.1, 0.15) is 12.0 Å². The van der Waals surface area contributed by atoms with E-state index >= 15 is 0 Å². The van der Waals surface area contributed by atoms with Gasteiger partial charge in [0.15, 0.2) is 0 Å². The number of carbonyl (C=O) groups excluding carboxylic acids is 1. The normalized spacial score (nSPS) is 15.5. The first-order valence-electron chi connectivity index (χ1n) is 7.64. The summed E-state index contributed by atoms with van der Waals surface area (Å²) in [7, 11) is 0. The van der Waals surface area contributed by atoms with Crippen molar-refractivity contribution < 1.29 is 9.90 Å². The molecule has 1 aromatic carbocycles. The fourth-order valence-electron chi connectivity index (χ4n) is 2.54. The van der Waals surface area contributed by atoms with Crippen molar-refractivity contribution in [2.45, 2.75) is 18.4 Å². The molecular weight excluding hydrogens is 292 g/mol. The number of para-hydroxylation sites is 1. The second-order valence-corrected chi connectivity index (χ2v) is 5.81. The lowest BCUT2D eigenvalue weighted by molar-refractivity contribution is -0.0167. The minimum atomic E-state index is -0.620. The van der Waals surface area contributed by atoms with E-state index in [0.717, 1.165) is 11.3 Å². The molecule has 1 aliphatic heterocycles. The maximum atomic E-state index is 12.1. The summed E-state index contributed by atoms with van der Waals surface area (Å²) in [4.78, 5) is 16.1. The van der Waals surface area contributed by atoms with E-state index in [2.05, 4.69) is 20.9 Å². The van der Waals surface area contributed by atoms with Gasteiger partial charge in [-0.05, 0) is 36.6 Å². The first-order chi connectivity index (χ1) is 11.1. The zero-order valence-electron chi connectivity index (χ0n) is 12.7. The largest absolute Gasteiger partial charge is 0.387 e. The zero-order chi connectivity index (χ0) is 16.1. The molecule has 6 nitrogen and oxygen atoms in total. The number of benzene rings is 1. The van der Waals surface area contributed by atoms with Gasteiger partial charge in [0.2, 0.25) is 0 Å². The number of aryl methyl sites for hydroxylation is 1. The number of nitrogens with zero attached hydrogens (tertiary/aromatic N) is 1. The minimum Gasteiger partial charge on any atom is -0.387 e. The van der Waals surface area contributed by atoms with Crippen molar-refractivity contribution in [3.05, 3.63) is 54.4 Å². The lowest BCUT2D eigenvalue weighted by atomic mass is 9.89. The molecule has 1 saturated heterocycles. The van der Waals surface area contributed by atoms with Crippen molar-refractivity contribution in [3.63, 3.8) is 0 Å². The van der Waals surface area contributed by atoms with Crippen molar-refractivity contribution in [2.75, 3.05) is 23.7 Å². The van der Waals surface area contributed by atoms with Crippen molar-refractivity contribution in [2.24, 2.45) is 0 Å². The van der Waals surface area contributed by atoms with E-state index in [4.69, 9.17) is 0 Å². The highest BCUT2D eigenvalue weighted by molar-refractivity contribution is 6.00. The molecular formula is C17H20N4O2. The lowest BCUT2D eigenvalue weighted by Crippen LogP contribution is -2.59. The van der Waals surface area contributed by atoms with Gasteiger partial charge < -0.3 is 21.1 Å². The molecule has 1 aliphatic rings. The van der Waals surface area contributed by atoms with Crippen LogP contribution in [-0.2, 0) is 6.42 Å². The van der Waals surface area contributed by atoms with E-state index in [0.29, 0.717) is 31.6 Å². The van der Waals surface area contributed by atoms with Crippen LogP contribution < -0.4 is 16.0 Å². The third-order valence-electron chi connectivity index (χ3n) is 3.95. The van der Waals surface area contributed by atoms with Gasteiger partial charge in [-0.1, -0.05) is 18.2 Å². The van der Waals surface area contributed by atoms with Gasteiger partial charge in [-0.3, -0.25) is 4.98 Å². The van der Waals surface area contributed by atoms with Gasteiger partial charge in [-0.15, -0.1) is 0 Å². The third-order valence-corrected chi connectivity index (χ3v) is 3.95. The molecule has 0 saturated carbocycles. The quantitative estimate of drug-likeness (QED) is 0.680. The number of hydrogen-bond donors (Lipinski definition) is 4. The number of hydrogen-bond acceptors (Lipinski definition) is 4. The van der Waals surface area contributed by atoms with E-state index < -0.39 is 5.60 Å². The summed E-state index contributed by atoms with van der Waals surface area (Å²) in [6.45, 7) is 1.26. The molecule has 0 aliphatic carbocycles. The number of aromatic nitrogens is 1. The fourth-order valence-corrected chi connectivity index (χ4v) is 2.54. The summed E-state index contributed by atoms with van der Waals surface area (Å²) in [6.07, 6.45) is 4.62. The predicted octanol–water partition coefficient (Wildman–Crippen LogP) is 1.99. The second kappa shape index (κ2) is 6.76. The molecule has 6 heteroatoms. The Bertz CT molecular complexity index is 671. The number of rotatable bonds is 5. The summed E-state index contributed by atoms with van der Waals surface area (Å²) in [5.74, 6) is 0. The Morgan fingerprint density at radius 1 is 1.22 bits per heavy atom. The molecule has 0 atom stereocenters. The van der Waals surface area contributed by atoms with Gasteiger partial charge in [-0.25, -0.2) is 4.79 Å². The van der Waals surface area contributed by atoms with Crippen LogP contribution in [0.15, 0.2) is 48.8 Å². The average Bonchev–Trinajstić information content (AvgIpc) is 2.53. The van der Waals surface area contributed by atoms with Crippen molar-refractivity contribution in [1.82, 2.24) is 10.3 Å². The highest BCUT2D eigenvalue weighted by Gasteiger charge is 2.33. The molecule has 1 fully saturated rings. The fraction of sp³-hybridized carbons (Fsp3) is 0.294. The molecule has 0 unspecified atom stereocenters. The number of nitrogens with one attached hydrogen (secondary N) is 3. The van der Waals surface area contributed by atoms with E-state index in [9.17, 15) is 9.90 Å². The summed E-state index contributed by atoms with van der Waals surface area (Å²) < 4.78 is 0. The Labute approximate surface area is 134 Å². The number of β-amino-alcohol motifs (C(OH)–C–C–N with tert-alkyl or cyclic N) is 1.